The van der Waals surface area contributed by atoms with E-state index in [1.165, 1.54) is 16.4 Å². The molecule has 1 saturated heterocycles. The van der Waals surface area contributed by atoms with Gasteiger partial charge in [0.05, 0.1) is 4.92 Å². The summed E-state index contributed by atoms with van der Waals surface area (Å²) in [7, 11) is -3.83. The van der Waals surface area contributed by atoms with Crippen LogP contribution < -0.4 is 5.32 Å². The van der Waals surface area contributed by atoms with Gasteiger partial charge in [-0.2, -0.15) is 4.31 Å². The highest BCUT2D eigenvalue weighted by Gasteiger charge is 2.32. The fraction of sp³-hybridized carbons (Fsp3) is 0.500. The highest BCUT2D eigenvalue weighted by Crippen LogP contribution is 2.29. The third-order valence-corrected chi connectivity index (χ3v) is 5.39. The Labute approximate surface area is 117 Å². The van der Waals surface area contributed by atoms with Crippen molar-refractivity contribution < 1.29 is 13.3 Å². The minimum Gasteiger partial charge on any atom is -0.314 e. The van der Waals surface area contributed by atoms with Crippen LogP contribution in [0.25, 0.3) is 0 Å². The minimum atomic E-state index is -3.83. The lowest BCUT2D eigenvalue weighted by Crippen LogP contribution is -2.46. The number of nitro groups is 1. The second-order valence-corrected chi connectivity index (χ2v) is 6.72. The third kappa shape index (κ3) is 2.67. The summed E-state index contributed by atoms with van der Waals surface area (Å²) in [5.74, 6) is 0. The van der Waals surface area contributed by atoms with E-state index < -0.39 is 14.9 Å². The molecule has 1 N–H and O–H groups in total. The Balaban J connectivity index is 2.55. The van der Waals surface area contributed by atoms with Gasteiger partial charge in [0.2, 0.25) is 10.0 Å². The van der Waals surface area contributed by atoms with Gasteiger partial charge in [-0.15, -0.1) is 0 Å². The van der Waals surface area contributed by atoms with E-state index in [0.717, 1.165) is 5.56 Å². The molecule has 2 rings (SSSR count). The molecule has 1 fully saturated rings. The molecule has 0 radical (unpaired) electrons. The smallest absolute Gasteiger partial charge is 0.289 e. The van der Waals surface area contributed by atoms with Crippen molar-refractivity contribution in [1.82, 2.24) is 9.62 Å². The van der Waals surface area contributed by atoms with E-state index in [1.807, 2.05) is 0 Å². The zero-order valence-corrected chi connectivity index (χ0v) is 12.2. The minimum absolute atomic E-state index is 0.215. The molecule has 20 heavy (non-hydrogen) atoms. The number of rotatable bonds is 3. The van der Waals surface area contributed by atoms with Crippen LogP contribution in [0.5, 0.6) is 0 Å². The number of benzene rings is 1. The zero-order valence-electron chi connectivity index (χ0n) is 11.4. The van der Waals surface area contributed by atoms with Crippen LogP contribution in [0.15, 0.2) is 17.0 Å². The van der Waals surface area contributed by atoms with Gasteiger partial charge in [0.25, 0.3) is 5.69 Å². The highest BCUT2D eigenvalue weighted by atomic mass is 32.2. The number of hydrogen-bond donors (Lipinski definition) is 1. The number of aryl methyl sites for hydroxylation is 2. The maximum atomic E-state index is 12.6. The van der Waals surface area contributed by atoms with Crippen molar-refractivity contribution in [1.29, 1.82) is 0 Å². The van der Waals surface area contributed by atoms with Gasteiger partial charge >= 0.3 is 0 Å². The zero-order chi connectivity index (χ0) is 14.9. The summed E-state index contributed by atoms with van der Waals surface area (Å²) >= 11 is 0. The van der Waals surface area contributed by atoms with E-state index in [4.69, 9.17) is 0 Å². The molecule has 0 saturated carbocycles. The average molecular weight is 299 g/mol. The molecular formula is C12H17N3O4S. The van der Waals surface area contributed by atoms with Crippen molar-refractivity contribution >= 4 is 15.7 Å². The Kier molecular flexibility index (Phi) is 4.07. The van der Waals surface area contributed by atoms with E-state index in [2.05, 4.69) is 5.32 Å². The second-order valence-electron chi connectivity index (χ2n) is 4.82. The number of sulfonamides is 1. The van der Waals surface area contributed by atoms with Gasteiger partial charge in [-0.05, 0) is 31.0 Å². The molecule has 7 nitrogen and oxygen atoms in total. The van der Waals surface area contributed by atoms with Gasteiger partial charge in [0, 0.05) is 32.2 Å². The van der Waals surface area contributed by atoms with Crippen molar-refractivity contribution in [2.45, 2.75) is 18.7 Å². The van der Waals surface area contributed by atoms with Crippen molar-refractivity contribution in [2.24, 2.45) is 0 Å². The summed E-state index contributed by atoms with van der Waals surface area (Å²) in [4.78, 5) is 10.3. The monoisotopic (exact) mass is 299 g/mol. The quantitative estimate of drug-likeness (QED) is 0.658. The molecule has 0 bridgehead atoms. The Hall–Kier alpha value is -1.51. The Morgan fingerprint density at radius 1 is 1.20 bits per heavy atom. The number of nitrogens with zero attached hydrogens (tertiary/aromatic N) is 2. The maximum Gasteiger partial charge on any atom is 0.289 e. The summed E-state index contributed by atoms with van der Waals surface area (Å²) in [5.41, 5.74) is 1.08. The fourth-order valence-electron chi connectivity index (χ4n) is 2.15. The molecule has 1 heterocycles. The number of nitrogens with one attached hydrogen (secondary N) is 1. The Morgan fingerprint density at radius 3 is 2.30 bits per heavy atom. The Bertz CT molecular complexity index is 636. The Morgan fingerprint density at radius 2 is 1.75 bits per heavy atom. The van der Waals surface area contributed by atoms with Crippen LogP contribution in [-0.4, -0.2) is 43.8 Å². The van der Waals surface area contributed by atoms with Crippen LogP contribution in [0.1, 0.15) is 11.1 Å². The second kappa shape index (κ2) is 5.47. The largest absolute Gasteiger partial charge is 0.314 e. The molecule has 0 aromatic heterocycles. The van der Waals surface area contributed by atoms with Crippen LogP contribution in [0.4, 0.5) is 5.69 Å². The van der Waals surface area contributed by atoms with Crippen molar-refractivity contribution in [3.63, 3.8) is 0 Å². The first-order valence-electron chi connectivity index (χ1n) is 6.30. The molecule has 1 aliphatic rings. The van der Waals surface area contributed by atoms with E-state index in [0.29, 0.717) is 31.7 Å². The third-order valence-electron chi connectivity index (χ3n) is 3.47. The summed E-state index contributed by atoms with van der Waals surface area (Å²) in [6.07, 6.45) is 0. The maximum absolute atomic E-state index is 12.6. The van der Waals surface area contributed by atoms with Crippen molar-refractivity contribution in [3.05, 3.63) is 33.4 Å². The van der Waals surface area contributed by atoms with Gasteiger partial charge in [0.15, 0.2) is 4.90 Å². The molecule has 8 heteroatoms. The summed E-state index contributed by atoms with van der Waals surface area (Å²) < 4.78 is 26.4. The van der Waals surface area contributed by atoms with Crippen molar-refractivity contribution in [3.8, 4) is 0 Å². The normalized spacial score (nSPS) is 17.1. The molecule has 1 aromatic rings. The number of nitro benzene ring substituents is 1. The topological polar surface area (TPSA) is 92.5 Å². The molecule has 0 spiro atoms. The first-order valence-corrected chi connectivity index (χ1v) is 7.74. The van der Waals surface area contributed by atoms with Crippen LogP contribution in [0.2, 0.25) is 0 Å². The van der Waals surface area contributed by atoms with Crippen LogP contribution in [0.3, 0.4) is 0 Å². The summed E-state index contributed by atoms with van der Waals surface area (Å²) in [5, 5.41) is 14.2. The van der Waals surface area contributed by atoms with Crippen LogP contribution in [0, 0.1) is 24.0 Å². The lowest BCUT2D eigenvalue weighted by molar-refractivity contribution is -0.387. The first kappa shape index (κ1) is 14.9. The van der Waals surface area contributed by atoms with Gasteiger partial charge in [0.1, 0.15) is 0 Å². The van der Waals surface area contributed by atoms with E-state index >= 15 is 0 Å². The molecule has 0 unspecified atom stereocenters. The SMILES string of the molecule is Cc1cc([N+](=O)[O-])c(S(=O)(=O)N2CCNCC2)cc1C. The van der Waals surface area contributed by atoms with Crippen LogP contribution >= 0.6 is 0 Å². The van der Waals surface area contributed by atoms with Gasteiger partial charge in [-0.25, -0.2) is 8.42 Å². The lowest BCUT2D eigenvalue weighted by atomic mass is 10.1. The summed E-state index contributed by atoms with van der Waals surface area (Å²) in [6.45, 7) is 5.23. The average Bonchev–Trinajstić information content (AvgIpc) is 2.42. The lowest BCUT2D eigenvalue weighted by Gasteiger charge is -2.26. The highest BCUT2D eigenvalue weighted by molar-refractivity contribution is 7.89. The van der Waals surface area contributed by atoms with Gasteiger partial charge in [-0.1, -0.05) is 0 Å². The first-order chi connectivity index (χ1) is 9.34. The molecule has 1 aliphatic heterocycles. The molecule has 0 aliphatic carbocycles. The van der Waals surface area contributed by atoms with E-state index in [-0.39, 0.29) is 10.6 Å². The number of piperazine rings is 1. The van der Waals surface area contributed by atoms with Gasteiger partial charge in [-0.3, -0.25) is 10.1 Å². The van der Waals surface area contributed by atoms with Gasteiger partial charge < -0.3 is 5.32 Å². The predicted molar refractivity (Wildman–Crippen MR) is 74.2 cm³/mol. The molecule has 0 amide bonds. The van der Waals surface area contributed by atoms with Crippen molar-refractivity contribution in [2.75, 3.05) is 26.2 Å². The van der Waals surface area contributed by atoms with Crippen LogP contribution in [-0.2, 0) is 10.0 Å². The predicted octanol–water partition coefficient (Wildman–Crippen LogP) is 0.806. The molecule has 1 aromatic carbocycles. The van der Waals surface area contributed by atoms with E-state index in [9.17, 15) is 18.5 Å². The molecule has 0 atom stereocenters. The standard InChI is InChI=1S/C12H17N3O4S/c1-9-7-11(15(16)17)12(8-10(9)2)20(18,19)14-5-3-13-4-6-14/h7-8,13H,3-6H2,1-2H3. The van der Waals surface area contributed by atoms with E-state index in [1.54, 1.807) is 13.8 Å². The molecule has 110 valence electrons. The molecular weight excluding hydrogens is 282 g/mol. The fourth-order valence-corrected chi connectivity index (χ4v) is 3.81. The number of hydrogen-bond acceptors (Lipinski definition) is 5. The summed E-state index contributed by atoms with van der Waals surface area (Å²) in [6, 6.07) is 2.72.